The van der Waals surface area contributed by atoms with E-state index in [0.717, 1.165) is 42.7 Å². The Bertz CT molecular complexity index is 580. The number of nitrogens with zero attached hydrogens (tertiary/aromatic N) is 2. The molecule has 19 heavy (non-hydrogen) atoms. The number of aromatic nitrogens is 2. The summed E-state index contributed by atoms with van der Waals surface area (Å²) in [5.74, 6) is 0.678. The van der Waals surface area contributed by atoms with Gasteiger partial charge in [-0.1, -0.05) is 0 Å². The molecule has 5 heteroatoms. The van der Waals surface area contributed by atoms with Gasteiger partial charge in [0.2, 0.25) is 0 Å². The molecule has 0 saturated carbocycles. The average Bonchev–Trinajstić information content (AvgIpc) is 2.87. The second-order valence-electron chi connectivity index (χ2n) is 5.13. The first-order valence-electron chi connectivity index (χ1n) is 6.72. The van der Waals surface area contributed by atoms with Crippen molar-refractivity contribution < 1.29 is 0 Å². The van der Waals surface area contributed by atoms with Crippen molar-refractivity contribution in [1.29, 1.82) is 5.41 Å². The highest BCUT2D eigenvalue weighted by Crippen LogP contribution is 2.20. The van der Waals surface area contributed by atoms with Crippen molar-refractivity contribution in [3.63, 3.8) is 0 Å². The number of fused-ring (bicyclic) bond motifs is 1. The molecule has 1 fully saturated rings. The van der Waals surface area contributed by atoms with Gasteiger partial charge in [0, 0.05) is 24.8 Å². The van der Waals surface area contributed by atoms with E-state index in [1.165, 1.54) is 0 Å². The van der Waals surface area contributed by atoms with Crippen LogP contribution in [0.15, 0.2) is 24.5 Å². The van der Waals surface area contributed by atoms with Gasteiger partial charge in [-0.3, -0.25) is 5.41 Å². The zero-order valence-electron chi connectivity index (χ0n) is 11.1. The molecule has 0 atom stereocenters. The second-order valence-corrected chi connectivity index (χ2v) is 5.13. The molecule has 1 aromatic heterocycles. The lowest BCUT2D eigenvalue weighted by Gasteiger charge is -2.33. The molecule has 0 bridgehead atoms. The minimum atomic E-state index is 0.496. The molecule has 1 aliphatic rings. The standard InChI is InChI=1S/C14H19N5/c1-10(15)19-6-4-11(5-7-19)18-12-2-3-13-14(8-12)17-9-16-13/h2-3,8-9,11,15,18H,4-7H2,1H3,(H,16,17). The van der Waals surface area contributed by atoms with Gasteiger partial charge in [0.15, 0.2) is 0 Å². The first-order chi connectivity index (χ1) is 9.22. The highest BCUT2D eigenvalue weighted by Gasteiger charge is 2.19. The van der Waals surface area contributed by atoms with Gasteiger partial charge < -0.3 is 15.2 Å². The molecule has 3 N–H and O–H groups in total. The van der Waals surface area contributed by atoms with Gasteiger partial charge in [-0.2, -0.15) is 0 Å². The number of amidine groups is 1. The predicted octanol–water partition coefficient (Wildman–Crippen LogP) is 2.44. The number of hydrogen-bond acceptors (Lipinski definition) is 3. The van der Waals surface area contributed by atoms with Crippen LogP contribution in [0.4, 0.5) is 5.69 Å². The molecule has 0 radical (unpaired) electrons. The molecule has 1 aliphatic heterocycles. The lowest BCUT2D eigenvalue weighted by atomic mass is 10.0. The Labute approximate surface area is 112 Å². The molecule has 0 unspecified atom stereocenters. The van der Waals surface area contributed by atoms with Crippen LogP contribution in [0.25, 0.3) is 11.0 Å². The van der Waals surface area contributed by atoms with Crippen molar-refractivity contribution in [2.45, 2.75) is 25.8 Å². The summed E-state index contributed by atoms with van der Waals surface area (Å²) in [4.78, 5) is 9.49. The molecule has 5 nitrogen and oxygen atoms in total. The molecule has 1 saturated heterocycles. The molecule has 0 spiro atoms. The number of nitrogens with one attached hydrogen (secondary N) is 3. The van der Waals surface area contributed by atoms with Crippen molar-refractivity contribution in [1.82, 2.24) is 14.9 Å². The van der Waals surface area contributed by atoms with Crippen molar-refractivity contribution in [3.05, 3.63) is 24.5 Å². The Hall–Kier alpha value is -2.04. The summed E-state index contributed by atoms with van der Waals surface area (Å²) in [6.07, 6.45) is 3.88. The van der Waals surface area contributed by atoms with Gasteiger partial charge in [0.1, 0.15) is 0 Å². The van der Waals surface area contributed by atoms with E-state index in [2.05, 4.69) is 32.3 Å². The highest BCUT2D eigenvalue weighted by atomic mass is 15.2. The quantitative estimate of drug-likeness (QED) is 0.572. The lowest BCUT2D eigenvalue weighted by Crippen LogP contribution is -2.41. The number of aromatic amines is 1. The van der Waals surface area contributed by atoms with E-state index in [9.17, 15) is 0 Å². The molecule has 100 valence electrons. The van der Waals surface area contributed by atoms with Crippen LogP contribution in [-0.4, -0.2) is 39.8 Å². The minimum Gasteiger partial charge on any atom is -0.382 e. The summed E-state index contributed by atoms with van der Waals surface area (Å²) in [6, 6.07) is 6.72. The number of imidazole rings is 1. The minimum absolute atomic E-state index is 0.496. The Kier molecular flexibility index (Phi) is 3.11. The smallest absolute Gasteiger partial charge is 0.0931 e. The molecule has 3 rings (SSSR count). The van der Waals surface area contributed by atoms with Crippen molar-refractivity contribution in [3.8, 4) is 0 Å². The van der Waals surface area contributed by atoms with E-state index < -0.39 is 0 Å². The maximum Gasteiger partial charge on any atom is 0.0931 e. The van der Waals surface area contributed by atoms with E-state index >= 15 is 0 Å². The summed E-state index contributed by atoms with van der Waals surface area (Å²) < 4.78 is 0. The molecule has 1 aromatic carbocycles. The summed E-state index contributed by atoms with van der Waals surface area (Å²) in [7, 11) is 0. The van der Waals surface area contributed by atoms with Crippen molar-refractivity contribution in [2.75, 3.05) is 18.4 Å². The number of rotatable bonds is 2. The van der Waals surface area contributed by atoms with Crippen LogP contribution in [0.2, 0.25) is 0 Å². The van der Waals surface area contributed by atoms with Crippen molar-refractivity contribution in [2.24, 2.45) is 0 Å². The number of H-pyrrole nitrogens is 1. The summed E-state index contributed by atoms with van der Waals surface area (Å²) in [6.45, 7) is 3.80. The van der Waals surface area contributed by atoms with Crippen LogP contribution in [0.3, 0.4) is 0 Å². The van der Waals surface area contributed by atoms with Crippen LogP contribution in [0.1, 0.15) is 19.8 Å². The fraction of sp³-hybridized carbons (Fsp3) is 0.429. The molecule has 0 aliphatic carbocycles. The SMILES string of the molecule is CC(=N)N1CCC(Nc2ccc3nc[nH]c3c2)CC1. The summed E-state index contributed by atoms with van der Waals surface area (Å²) in [5.41, 5.74) is 3.21. The molecule has 2 heterocycles. The lowest BCUT2D eigenvalue weighted by molar-refractivity contribution is 0.321. The largest absolute Gasteiger partial charge is 0.382 e. The third-order valence-electron chi connectivity index (χ3n) is 3.76. The fourth-order valence-electron chi connectivity index (χ4n) is 2.62. The van der Waals surface area contributed by atoms with Crippen molar-refractivity contribution >= 4 is 22.6 Å². The van der Waals surface area contributed by atoms with Gasteiger partial charge in [0.05, 0.1) is 23.2 Å². The van der Waals surface area contributed by atoms with Gasteiger partial charge in [-0.25, -0.2) is 4.98 Å². The monoisotopic (exact) mass is 257 g/mol. The van der Waals surface area contributed by atoms with E-state index in [0.29, 0.717) is 11.9 Å². The van der Waals surface area contributed by atoms with E-state index in [4.69, 9.17) is 5.41 Å². The predicted molar refractivity (Wildman–Crippen MR) is 77.7 cm³/mol. The number of hydrogen-bond donors (Lipinski definition) is 3. The molecule has 2 aromatic rings. The maximum atomic E-state index is 7.64. The number of benzene rings is 1. The second kappa shape index (κ2) is 4.91. The van der Waals surface area contributed by atoms with Gasteiger partial charge >= 0.3 is 0 Å². The van der Waals surface area contributed by atoms with Crippen LogP contribution in [0.5, 0.6) is 0 Å². The summed E-state index contributed by atoms with van der Waals surface area (Å²) in [5, 5.41) is 11.2. The van der Waals surface area contributed by atoms with Gasteiger partial charge in [-0.15, -0.1) is 0 Å². The van der Waals surface area contributed by atoms with E-state index in [1.54, 1.807) is 6.33 Å². The number of piperidine rings is 1. The maximum absolute atomic E-state index is 7.64. The zero-order chi connectivity index (χ0) is 13.2. The summed E-state index contributed by atoms with van der Waals surface area (Å²) >= 11 is 0. The van der Waals surface area contributed by atoms with E-state index in [-0.39, 0.29) is 0 Å². The fourth-order valence-corrected chi connectivity index (χ4v) is 2.62. The van der Waals surface area contributed by atoms with Crippen LogP contribution >= 0.6 is 0 Å². The third kappa shape index (κ3) is 2.54. The van der Waals surface area contributed by atoms with E-state index in [1.807, 2.05) is 13.0 Å². The highest BCUT2D eigenvalue weighted by molar-refractivity contribution is 5.79. The Morgan fingerprint density at radius 2 is 2.21 bits per heavy atom. The van der Waals surface area contributed by atoms with Crippen LogP contribution in [-0.2, 0) is 0 Å². The van der Waals surface area contributed by atoms with Crippen LogP contribution in [0, 0.1) is 5.41 Å². The average molecular weight is 257 g/mol. The Morgan fingerprint density at radius 3 is 2.95 bits per heavy atom. The molecule has 0 amide bonds. The zero-order valence-corrected chi connectivity index (χ0v) is 11.1. The van der Waals surface area contributed by atoms with Gasteiger partial charge in [0.25, 0.3) is 0 Å². The third-order valence-corrected chi connectivity index (χ3v) is 3.76. The topological polar surface area (TPSA) is 67.8 Å². The molecular weight excluding hydrogens is 238 g/mol. The number of anilines is 1. The number of likely N-dealkylation sites (tertiary alicyclic amines) is 1. The first kappa shape index (κ1) is 12.0. The van der Waals surface area contributed by atoms with Gasteiger partial charge in [-0.05, 0) is 38.0 Å². The normalized spacial score (nSPS) is 16.8. The Balaban J connectivity index is 1.64. The molecular formula is C14H19N5. The van der Waals surface area contributed by atoms with Crippen LogP contribution < -0.4 is 5.32 Å². The Morgan fingerprint density at radius 1 is 1.42 bits per heavy atom. The first-order valence-corrected chi connectivity index (χ1v) is 6.72.